The lowest BCUT2D eigenvalue weighted by atomic mass is 10.2. The Labute approximate surface area is 126 Å². The van der Waals surface area contributed by atoms with Crippen LogP contribution in [0.5, 0.6) is 11.5 Å². The molecule has 0 unspecified atom stereocenters. The minimum atomic E-state index is -3.37. The number of nitrogens with one attached hydrogen (secondary N) is 1. The fourth-order valence-corrected chi connectivity index (χ4v) is 3.47. The quantitative estimate of drug-likeness (QED) is 0.772. The van der Waals surface area contributed by atoms with E-state index in [2.05, 4.69) is 4.72 Å². The first-order valence-corrected chi connectivity index (χ1v) is 8.57. The van der Waals surface area contributed by atoms with E-state index < -0.39 is 10.2 Å². The highest BCUT2D eigenvalue weighted by molar-refractivity contribution is 7.87. The molecule has 1 fully saturated rings. The highest BCUT2D eigenvalue weighted by Crippen LogP contribution is 2.16. The first kappa shape index (κ1) is 16.1. The first-order chi connectivity index (χ1) is 10.1. The Kier molecular flexibility index (Phi) is 5.84. The average molecular weight is 314 g/mol. The van der Waals surface area contributed by atoms with Crippen LogP contribution in [0.1, 0.15) is 19.3 Å². The minimum Gasteiger partial charge on any atom is -0.497 e. The summed E-state index contributed by atoms with van der Waals surface area (Å²) in [5, 5.41) is 0. The maximum atomic E-state index is 12.0. The molecule has 1 N–H and O–H groups in total. The standard InChI is InChI=1S/C14H22N2O4S/c1-19-13-5-7-14(8-6-13)20-12-9-15-21(17,18)16-10-3-2-4-11-16/h5-8,15H,2-4,9-12H2,1H3. The van der Waals surface area contributed by atoms with E-state index in [1.165, 1.54) is 4.31 Å². The molecule has 0 atom stereocenters. The maximum absolute atomic E-state index is 12.0. The zero-order valence-electron chi connectivity index (χ0n) is 12.2. The van der Waals surface area contributed by atoms with Crippen LogP contribution in [0.3, 0.4) is 0 Å². The van der Waals surface area contributed by atoms with Gasteiger partial charge in [0.1, 0.15) is 18.1 Å². The fraction of sp³-hybridized carbons (Fsp3) is 0.571. The lowest BCUT2D eigenvalue weighted by Crippen LogP contribution is -2.44. The number of nitrogens with zero attached hydrogens (tertiary/aromatic N) is 1. The molecular formula is C14H22N2O4S. The second-order valence-corrected chi connectivity index (χ2v) is 6.64. The molecule has 1 aliphatic heterocycles. The minimum absolute atomic E-state index is 0.255. The summed E-state index contributed by atoms with van der Waals surface area (Å²) in [7, 11) is -1.76. The van der Waals surface area contributed by atoms with Gasteiger partial charge in [0, 0.05) is 19.6 Å². The van der Waals surface area contributed by atoms with Crippen LogP contribution in [0.25, 0.3) is 0 Å². The van der Waals surface area contributed by atoms with E-state index in [0.29, 0.717) is 25.4 Å². The van der Waals surface area contributed by atoms with Crippen LogP contribution in [0.2, 0.25) is 0 Å². The number of methoxy groups -OCH3 is 1. The van der Waals surface area contributed by atoms with E-state index >= 15 is 0 Å². The molecule has 1 aromatic carbocycles. The summed E-state index contributed by atoms with van der Waals surface area (Å²) < 4.78 is 38.7. The Hall–Kier alpha value is -1.31. The molecule has 7 heteroatoms. The lowest BCUT2D eigenvalue weighted by Gasteiger charge is -2.25. The van der Waals surface area contributed by atoms with Gasteiger partial charge in [-0.15, -0.1) is 0 Å². The monoisotopic (exact) mass is 314 g/mol. The zero-order chi connectivity index (χ0) is 15.1. The number of piperidine rings is 1. The first-order valence-electron chi connectivity index (χ1n) is 7.13. The summed E-state index contributed by atoms with van der Waals surface area (Å²) in [6.07, 6.45) is 2.97. The van der Waals surface area contributed by atoms with Gasteiger partial charge in [0.2, 0.25) is 0 Å². The van der Waals surface area contributed by atoms with Crippen LogP contribution in [0.15, 0.2) is 24.3 Å². The molecule has 0 bridgehead atoms. The molecule has 6 nitrogen and oxygen atoms in total. The second-order valence-electron chi connectivity index (χ2n) is 4.88. The fourth-order valence-electron chi connectivity index (χ4n) is 2.21. The van der Waals surface area contributed by atoms with Crippen molar-refractivity contribution >= 4 is 10.2 Å². The molecule has 0 amide bonds. The van der Waals surface area contributed by atoms with Gasteiger partial charge in [-0.2, -0.15) is 17.4 Å². The number of rotatable bonds is 7. The molecule has 0 aliphatic carbocycles. The van der Waals surface area contributed by atoms with Crippen molar-refractivity contribution in [3.8, 4) is 11.5 Å². The summed E-state index contributed by atoms with van der Waals surface area (Å²) in [6.45, 7) is 1.76. The van der Waals surface area contributed by atoms with Crippen molar-refractivity contribution in [1.29, 1.82) is 0 Å². The SMILES string of the molecule is COc1ccc(OCCNS(=O)(=O)N2CCCCC2)cc1. The Morgan fingerprint density at radius 2 is 1.71 bits per heavy atom. The molecule has 1 aromatic rings. The topological polar surface area (TPSA) is 67.9 Å². The smallest absolute Gasteiger partial charge is 0.279 e. The predicted molar refractivity (Wildman–Crippen MR) is 80.8 cm³/mol. The summed E-state index contributed by atoms with van der Waals surface area (Å²) in [5.74, 6) is 1.45. The molecule has 118 valence electrons. The molecule has 0 radical (unpaired) electrons. The van der Waals surface area contributed by atoms with E-state index in [4.69, 9.17) is 9.47 Å². The van der Waals surface area contributed by atoms with Crippen LogP contribution in [0.4, 0.5) is 0 Å². The van der Waals surface area contributed by atoms with E-state index in [1.807, 2.05) is 0 Å². The molecule has 0 spiro atoms. The molecule has 0 aromatic heterocycles. The summed E-state index contributed by atoms with van der Waals surface area (Å²) in [6, 6.07) is 7.18. The zero-order valence-corrected chi connectivity index (χ0v) is 13.1. The van der Waals surface area contributed by atoms with E-state index in [-0.39, 0.29) is 6.54 Å². The van der Waals surface area contributed by atoms with Crippen LogP contribution < -0.4 is 14.2 Å². The molecule has 21 heavy (non-hydrogen) atoms. The predicted octanol–water partition coefficient (Wildman–Crippen LogP) is 1.39. The van der Waals surface area contributed by atoms with Crippen molar-refractivity contribution in [2.75, 3.05) is 33.4 Å². The largest absolute Gasteiger partial charge is 0.497 e. The van der Waals surface area contributed by atoms with Crippen molar-refractivity contribution < 1.29 is 17.9 Å². The normalized spacial score (nSPS) is 16.6. The van der Waals surface area contributed by atoms with Gasteiger partial charge < -0.3 is 9.47 Å². The molecule has 1 heterocycles. The van der Waals surface area contributed by atoms with Gasteiger partial charge in [-0.1, -0.05) is 6.42 Å². The van der Waals surface area contributed by atoms with E-state index in [0.717, 1.165) is 25.0 Å². The summed E-state index contributed by atoms with van der Waals surface area (Å²) in [5.41, 5.74) is 0. The molecule has 0 saturated carbocycles. The van der Waals surface area contributed by atoms with Gasteiger partial charge in [0.05, 0.1) is 7.11 Å². The van der Waals surface area contributed by atoms with Gasteiger partial charge in [-0.25, -0.2) is 0 Å². The van der Waals surface area contributed by atoms with E-state index in [1.54, 1.807) is 31.4 Å². The highest BCUT2D eigenvalue weighted by Gasteiger charge is 2.22. The lowest BCUT2D eigenvalue weighted by molar-refractivity contribution is 0.312. The summed E-state index contributed by atoms with van der Waals surface area (Å²) >= 11 is 0. The number of benzene rings is 1. The van der Waals surface area contributed by atoms with Crippen LogP contribution in [-0.4, -0.2) is 46.1 Å². The highest BCUT2D eigenvalue weighted by atomic mass is 32.2. The van der Waals surface area contributed by atoms with Gasteiger partial charge in [0.25, 0.3) is 10.2 Å². The summed E-state index contributed by atoms with van der Waals surface area (Å²) in [4.78, 5) is 0. The third-order valence-electron chi connectivity index (χ3n) is 3.37. The molecule has 2 rings (SSSR count). The average Bonchev–Trinajstić information content (AvgIpc) is 2.53. The molecule has 1 aliphatic rings. The van der Waals surface area contributed by atoms with Gasteiger partial charge in [-0.05, 0) is 37.1 Å². The number of hydrogen-bond donors (Lipinski definition) is 1. The Bertz CT molecular complexity index is 524. The van der Waals surface area contributed by atoms with Crippen LogP contribution >= 0.6 is 0 Å². The Balaban J connectivity index is 1.73. The number of hydrogen-bond acceptors (Lipinski definition) is 4. The third kappa shape index (κ3) is 4.87. The molecular weight excluding hydrogens is 292 g/mol. The van der Waals surface area contributed by atoms with Gasteiger partial charge in [-0.3, -0.25) is 0 Å². The third-order valence-corrected chi connectivity index (χ3v) is 4.98. The van der Waals surface area contributed by atoms with Crippen LogP contribution in [-0.2, 0) is 10.2 Å². The van der Waals surface area contributed by atoms with Crippen molar-refractivity contribution in [3.63, 3.8) is 0 Å². The van der Waals surface area contributed by atoms with Crippen molar-refractivity contribution in [1.82, 2.24) is 9.03 Å². The Morgan fingerprint density at radius 1 is 1.10 bits per heavy atom. The van der Waals surface area contributed by atoms with Crippen molar-refractivity contribution in [2.45, 2.75) is 19.3 Å². The van der Waals surface area contributed by atoms with Crippen molar-refractivity contribution in [3.05, 3.63) is 24.3 Å². The Morgan fingerprint density at radius 3 is 2.33 bits per heavy atom. The van der Waals surface area contributed by atoms with Crippen molar-refractivity contribution in [2.24, 2.45) is 0 Å². The van der Waals surface area contributed by atoms with E-state index in [9.17, 15) is 8.42 Å². The second kappa shape index (κ2) is 7.63. The van der Waals surface area contributed by atoms with Gasteiger partial charge in [0.15, 0.2) is 0 Å². The molecule has 1 saturated heterocycles. The van der Waals surface area contributed by atoms with Crippen LogP contribution in [0, 0.1) is 0 Å². The maximum Gasteiger partial charge on any atom is 0.279 e. The van der Waals surface area contributed by atoms with Gasteiger partial charge >= 0.3 is 0 Å². The number of ether oxygens (including phenoxy) is 2.